The van der Waals surface area contributed by atoms with Crippen LogP contribution in [0.15, 0.2) is 66.9 Å². The Labute approximate surface area is 154 Å². The third kappa shape index (κ3) is 4.63. The lowest BCUT2D eigenvalue weighted by atomic mass is 10.2. The molecule has 1 heterocycles. The molecular formula is C20H16F3N3O. The molecule has 0 aliphatic rings. The van der Waals surface area contributed by atoms with Gasteiger partial charge >= 0.3 is 6.18 Å². The first-order chi connectivity index (χ1) is 12.8. The summed E-state index contributed by atoms with van der Waals surface area (Å²) < 4.78 is 38.3. The number of hydrogen-bond acceptors (Lipinski definition) is 3. The summed E-state index contributed by atoms with van der Waals surface area (Å²) in [4.78, 5) is 16.4. The average molecular weight is 371 g/mol. The lowest BCUT2D eigenvalue weighted by molar-refractivity contribution is -0.137. The Morgan fingerprint density at radius 1 is 1.00 bits per heavy atom. The topological polar surface area (TPSA) is 54.0 Å². The SMILES string of the molecule is Cc1ccccc1Nc1ccc(C(=O)Nc2cccc(C(F)(F)F)c2)cn1. The zero-order valence-electron chi connectivity index (χ0n) is 14.3. The molecule has 3 aromatic rings. The number of para-hydroxylation sites is 1. The molecule has 0 aliphatic heterocycles. The van der Waals surface area contributed by atoms with Gasteiger partial charge in [-0.1, -0.05) is 24.3 Å². The Morgan fingerprint density at radius 3 is 2.44 bits per heavy atom. The normalized spacial score (nSPS) is 11.1. The van der Waals surface area contributed by atoms with Crippen molar-refractivity contribution >= 4 is 23.1 Å². The number of alkyl halides is 3. The summed E-state index contributed by atoms with van der Waals surface area (Å²) in [6, 6.07) is 15.3. The third-order valence-corrected chi connectivity index (χ3v) is 3.88. The summed E-state index contributed by atoms with van der Waals surface area (Å²) in [7, 11) is 0. The fraction of sp³-hybridized carbons (Fsp3) is 0.100. The zero-order valence-corrected chi connectivity index (χ0v) is 14.3. The van der Waals surface area contributed by atoms with E-state index in [0.29, 0.717) is 5.82 Å². The van der Waals surface area contributed by atoms with Gasteiger partial charge in [-0.3, -0.25) is 4.79 Å². The van der Waals surface area contributed by atoms with Crippen LogP contribution in [0.3, 0.4) is 0 Å². The van der Waals surface area contributed by atoms with Crippen LogP contribution >= 0.6 is 0 Å². The maximum Gasteiger partial charge on any atom is 0.416 e. The van der Waals surface area contributed by atoms with Crippen LogP contribution < -0.4 is 10.6 Å². The monoisotopic (exact) mass is 371 g/mol. The molecular weight excluding hydrogens is 355 g/mol. The molecule has 0 fully saturated rings. The summed E-state index contributed by atoms with van der Waals surface area (Å²) in [6.45, 7) is 1.96. The second-order valence-electron chi connectivity index (χ2n) is 5.90. The number of nitrogens with zero attached hydrogens (tertiary/aromatic N) is 1. The van der Waals surface area contributed by atoms with Gasteiger partial charge in [0.25, 0.3) is 5.91 Å². The van der Waals surface area contributed by atoms with Gasteiger partial charge in [-0.25, -0.2) is 4.98 Å². The fourth-order valence-electron chi connectivity index (χ4n) is 2.43. The number of carbonyl (C=O) groups is 1. The van der Waals surface area contributed by atoms with E-state index in [2.05, 4.69) is 15.6 Å². The number of aryl methyl sites for hydroxylation is 1. The van der Waals surface area contributed by atoms with Crippen molar-refractivity contribution in [3.05, 3.63) is 83.6 Å². The molecule has 2 aromatic carbocycles. The van der Waals surface area contributed by atoms with Gasteiger partial charge < -0.3 is 10.6 Å². The maximum absolute atomic E-state index is 12.8. The van der Waals surface area contributed by atoms with Crippen molar-refractivity contribution in [2.75, 3.05) is 10.6 Å². The number of hydrogen-bond donors (Lipinski definition) is 2. The van der Waals surface area contributed by atoms with Crippen molar-refractivity contribution in [1.29, 1.82) is 0 Å². The van der Waals surface area contributed by atoms with Crippen LogP contribution in [0.25, 0.3) is 0 Å². The van der Waals surface area contributed by atoms with Crippen molar-refractivity contribution in [2.24, 2.45) is 0 Å². The van der Waals surface area contributed by atoms with Crippen LogP contribution in [-0.2, 0) is 6.18 Å². The van der Waals surface area contributed by atoms with Gasteiger partial charge in [-0.05, 0) is 48.9 Å². The van der Waals surface area contributed by atoms with Crippen LogP contribution in [-0.4, -0.2) is 10.9 Å². The molecule has 1 amide bonds. The first kappa shape index (κ1) is 18.4. The Kier molecular flexibility index (Phi) is 5.12. The molecule has 0 atom stereocenters. The number of carbonyl (C=O) groups excluding carboxylic acids is 1. The fourth-order valence-corrected chi connectivity index (χ4v) is 2.43. The van der Waals surface area contributed by atoms with E-state index in [-0.39, 0.29) is 11.3 Å². The minimum atomic E-state index is -4.47. The summed E-state index contributed by atoms with van der Waals surface area (Å²) in [6.07, 6.45) is -3.10. The first-order valence-corrected chi connectivity index (χ1v) is 8.10. The maximum atomic E-state index is 12.8. The van der Waals surface area contributed by atoms with Crippen LogP contribution in [0.5, 0.6) is 0 Å². The summed E-state index contributed by atoms with van der Waals surface area (Å²) in [5.74, 6) is 0.0178. The van der Waals surface area contributed by atoms with E-state index in [1.54, 1.807) is 12.1 Å². The minimum absolute atomic E-state index is 0.0666. The predicted molar refractivity (Wildman–Crippen MR) is 98.1 cm³/mol. The molecule has 138 valence electrons. The quantitative estimate of drug-likeness (QED) is 0.645. The number of amides is 1. The molecule has 0 saturated heterocycles. The van der Waals surface area contributed by atoms with Gasteiger partial charge in [0.2, 0.25) is 0 Å². The summed E-state index contributed by atoms with van der Waals surface area (Å²) in [5, 5.41) is 5.59. The highest BCUT2D eigenvalue weighted by molar-refractivity contribution is 6.04. The van der Waals surface area contributed by atoms with Gasteiger partial charge in [0.1, 0.15) is 5.82 Å². The average Bonchev–Trinajstić information content (AvgIpc) is 2.64. The number of aromatic nitrogens is 1. The highest BCUT2D eigenvalue weighted by atomic mass is 19.4. The highest BCUT2D eigenvalue weighted by Gasteiger charge is 2.30. The third-order valence-electron chi connectivity index (χ3n) is 3.88. The largest absolute Gasteiger partial charge is 0.416 e. The van der Waals surface area contributed by atoms with Gasteiger partial charge in [0.05, 0.1) is 11.1 Å². The Hall–Kier alpha value is -3.35. The zero-order chi connectivity index (χ0) is 19.4. The number of anilines is 3. The number of pyridine rings is 1. The van der Waals surface area contributed by atoms with E-state index in [4.69, 9.17) is 0 Å². The van der Waals surface area contributed by atoms with E-state index in [1.165, 1.54) is 18.3 Å². The lowest BCUT2D eigenvalue weighted by Gasteiger charge is -2.11. The molecule has 7 heteroatoms. The van der Waals surface area contributed by atoms with E-state index in [0.717, 1.165) is 23.4 Å². The number of nitrogens with one attached hydrogen (secondary N) is 2. The molecule has 4 nitrogen and oxygen atoms in total. The number of halogens is 3. The molecule has 3 rings (SSSR count). The first-order valence-electron chi connectivity index (χ1n) is 8.10. The molecule has 0 aliphatic carbocycles. The molecule has 1 aromatic heterocycles. The standard InChI is InChI=1S/C20H16F3N3O/c1-13-5-2-3-8-17(13)26-18-10-9-14(12-24-18)19(27)25-16-7-4-6-15(11-16)20(21,22)23/h2-12H,1H3,(H,24,26)(H,25,27). The van der Waals surface area contributed by atoms with Gasteiger partial charge in [0.15, 0.2) is 0 Å². The van der Waals surface area contributed by atoms with Crippen LogP contribution in [0.2, 0.25) is 0 Å². The Morgan fingerprint density at radius 2 is 1.78 bits per heavy atom. The van der Waals surface area contributed by atoms with Crippen molar-refractivity contribution in [3.63, 3.8) is 0 Å². The highest BCUT2D eigenvalue weighted by Crippen LogP contribution is 2.30. The molecule has 0 unspecified atom stereocenters. The van der Waals surface area contributed by atoms with Crippen molar-refractivity contribution in [2.45, 2.75) is 13.1 Å². The van der Waals surface area contributed by atoms with E-state index < -0.39 is 17.6 Å². The van der Waals surface area contributed by atoms with Crippen molar-refractivity contribution < 1.29 is 18.0 Å². The minimum Gasteiger partial charge on any atom is -0.340 e. The van der Waals surface area contributed by atoms with Crippen LogP contribution in [0, 0.1) is 6.92 Å². The van der Waals surface area contributed by atoms with E-state index >= 15 is 0 Å². The van der Waals surface area contributed by atoms with Gasteiger partial charge in [-0.2, -0.15) is 13.2 Å². The number of rotatable bonds is 4. The van der Waals surface area contributed by atoms with Crippen molar-refractivity contribution in [3.8, 4) is 0 Å². The van der Waals surface area contributed by atoms with E-state index in [1.807, 2.05) is 31.2 Å². The molecule has 0 saturated carbocycles. The Bertz CT molecular complexity index is 953. The van der Waals surface area contributed by atoms with Gasteiger partial charge in [0, 0.05) is 17.6 Å². The second-order valence-corrected chi connectivity index (χ2v) is 5.90. The predicted octanol–water partition coefficient (Wildman–Crippen LogP) is 5.40. The van der Waals surface area contributed by atoms with Crippen LogP contribution in [0.1, 0.15) is 21.5 Å². The van der Waals surface area contributed by atoms with Crippen molar-refractivity contribution in [1.82, 2.24) is 4.98 Å². The molecule has 2 N–H and O–H groups in total. The molecule has 0 spiro atoms. The summed E-state index contributed by atoms with van der Waals surface area (Å²) >= 11 is 0. The van der Waals surface area contributed by atoms with Gasteiger partial charge in [-0.15, -0.1) is 0 Å². The molecule has 0 radical (unpaired) electrons. The van der Waals surface area contributed by atoms with E-state index in [9.17, 15) is 18.0 Å². The second kappa shape index (κ2) is 7.49. The number of benzene rings is 2. The molecule has 0 bridgehead atoms. The smallest absolute Gasteiger partial charge is 0.340 e. The lowest BCUT2D eigenvalue weighted by Crippen LogP contribution is -2.13. The Balaban J connectivity index is 1.70. The summed E-state index contributed by atoms with van der Waals surface area (Å²) in [5.41, 5.74) is 1.42. The molecule has 27 heavy (non-hydrogen) atoms. The van der Waals surface area contributed by atoms with Crippen LogP contribution in [0.4, 0.5) is 30.4 Å².